The van der Waals surface area contributed by atoms with E-state index in [2.05, 4.69) is 10.6 Å². The van der Waals surface area contributed by atoms with E-state index in [-0.39, 0.29) is 30.3 Å². The van der Waals surface area contributed by atoms with Gasteiger partial charge >= 0.3 is 0 Å². The molecule has 1 unspecified atom stereocenters. The van der Waals surface area contributed by atoms with E-state index in [4.69, 9.17) is 0 Å². The molecular formula is C28H31N3O3S. The van der Waals surface area contributed by atoms with Crippen LogP contribution in [0.4, 0.5) is 5.69 Å². The van der Waals surface area contributed by atoms with Crippen LogP contribution in [0.3, 0.4) is 0 Å². The molecule has 1 heterocycles. The highest BCUT2D eigenvalue weighted by molar-refractivity contribution is 7.12. The Kier molecular flexibility index (Phi) is 7.98. The van der Waals surface area contributed by atoms with Gasteiger partial charge in [0.25, 0.3) is 5.91 Å². The molecule has 1 aliphatic carbocycles. The van der Waals surface area contributed by atoms with Gasteiger partial charge in [0.1, 0.15) is 6.04 Å². The van der Waals surface area contributed by atoms with Gasteiger partial charge in [0.15, 0.2) is 0 Å². The van der Waals surface area contributed by atoms with Gasteiger partial charge in [0.05, 0.1) is 11.4 Å². The Morgan fingerprint density at radius 3 is 2.40 bits per heavy atom. The highest BCUT2D eigenvalue weighted by Crippen LogP contribution is 2.32. The largest absolute Gasteiger partial charge is 0.351 e. The van der Waals surface area contributed by atoms with Crippen LogP contribution < -0.4 is 15.5 Å². The standard InChI is InChI=1S/C28H31N3O3S/c1-19-14-15-23(20(2)17-19)31(25(32)18-29-27(33)24-13-8-16-35-24)26(21-9-4-3-5-10-21)28(34)30-22-11-6-7-12-22/h3-5,8-10,13-17,22,26H,6-7,11-12,18H2,1-2H3,(H,29,33)(H,30,34). The number of nitrogens with one attached hydrogen (secondary N) is 2. The van der Waals surface area contributed by atoms with E-state index in [0.29, 0.717) is 10.6 Å². The van der Waals surface area contributed by atoms with Gasteiger partial charge in [-0.3, -0.25) is 19.3 Å². The fourth-order valence-electron chi connectivity index (χ4n) is 4.63. The van der Waals surface area contributed by atoms with Crippen molar-refractivity contribution >= 4 is 34.7 Å². The van der Waals surface area contributed by atoms with Crippen molar-refractivity contribution in [2.75, 3.05) is 11.4 Å². The second-order valence-electron chi connectivity index (χ2n) is 9.02. The van der Waals surface area contributed by atoms with Crippen LogP contribution in [0.5, 0.6) is 0 Å². The number of benzene rings is 2. The molecule has 2 aromatic carbocycles. The monoisotopic (exact) mass is 489 g/mol. The van der Waals surface area contributed by atoms with Crippen LogP contribution in [0.1, 0.15) is 58.1 Å². The molecule has 0 spiro atoms. The fraction of sp³-hybridized carbons (Fsp3) is 0.321. The maximum atomic E-state index is 13.7. The Morgan fingerprint density at radius 2 is 1.74 bits per heavy atom. The van der Waals surface area contributed by atoms with Crippen LogP contribution in [0, 0.1) is 13.8 Å². The Morgan fingerprint density at radius 1 is 1.00 bits per heavy atom. The highest BCUT2D eigenvalue weighted by atomic mass is 32.1. The summed E-state index contributed by atoms with van der Waals surface area (Å²) in [7, 11) is 0. The third-order valence-corrected chi connectivity index (χ3v) is 7.22. The number of hydrogen-bond donors (Lipinski definition) is 2. The van der Waals surface area contributed by atoms with Crippen LogP contribution in [0.15, 0.2) is 66.0 Å². The number of rotatable bonds is 8. The molecule has 0 radical (unpaired) electrons. The molecule has 6 nitrogen and oxygen atoms in total. The number of carbonyl (C=O) groups is 3. The number of nitrogens with zero attached hydrogens (tertiary/aromatic N) is 1. The van der Waals surface area contributed by atoms with Crippen LogP contribution >= 0.6 is 11.3 Å². The molecule has 182 valence electrons. The summed E-state index contributed by atoms with van der Waals surface area (Å²) in [4.78, 5) is 42.1. The first-order valence-electron chi connectivity index (χ1n) is 12.0. The zero-order chi connectivity index (χ0) is 24.8. The number of hydrogen-bond acceptors (Lipinski definition) is 4. The smallest absolute Gasteiger partial charge is 0.261 e. The normalized spacial score (nSPS) is 14.3. The van der Waals surface area contributed by atoms with Crippen LogP contribution in [-0.4, -0.2) is 30.3 Å². The molecule has 1 aromatic heterocycles. The van der Waals surface area contributed by atoms with Gasteiger partial charge in [-0.05, 0) is 55.3 Å². The maximum Gasteiger partial charge on any atom is 0.261 e. The topological polar surface area (TPSA) is 78.5 Å². The molecule has 1 aliphatic rings. The molecule has 0 aliphatic heterocycles. The Balaban J connectivity index is 1.69. The van der Waals surface area contributed by atoms with Gasteiger partial charge < -0.3 is 10.6 Å². The van der Waals surface area contributed by atoms with Crippen LogP contribution in [0.25, 0.3) is 0 Å². The van der Waals surface area contributed by atoms with Gasteiger partial charge in [0.2, 0.25) is 11.8 Å². The summed E-state index contributed by atoms with van der Waals surface area (Å²) in [6, 6.07) is 17.9. The molecule has 0 saturated heterocycles. The van der Waals surface area contributed by atoms with Crippen molar-refractivity contribution in [1.82, 2.24) is 10.6 Å². The molecule has 4 rings (SSSR count). The maximum absolute atomic E-state index is 13.7. The number of carbonyl (C=O) groups excluding carboxylic acids is 3. The fourth-order valence-corrected chi connectivity index (χ4v) is 5.27. The summed E-state index contributed by atoms with van der Waals surface area (Å²) in [5.74, 6) is -0.862. The molecule has 35 heavy (non-hydrogen) atoms. The number of amides is 3. The second-order valence-corrected chi connectivity index (χ2v) is 9.96. The van der Waals surface area contributed by atoms with E-state index >= 15 is 0 Å². The van der Waals surface area contributed by atoms with E-state index in [1.54, 1.807) is 17.0 Å². The lowest BCUT2D eigenvalue weighted by Gasteiger charge is -2.33. The molecule has 1 fully saturated rings. The molecule has 1 saturated carbocycles. The summed E-state index contributed by atoms with van der Waals surface area (Å²) < 4.78 is 0. The SMILES string of the molecule is Cc1ccc(N(C(=O)CNC(=O)c2cccs2)C(C(=O)NC2CCCC2)c2ccccc2)c(C)c1. The highest BCUT2D eigenvalue weighted by Gasteiger charge is 2.35. The van der Waals surface area contributed by atoms with Gasteiger partial charge in [-0.15, -0.1) is 11.3 Å². The number of thiophene rings is 1. The molecule has 7 heteroatoms. The molecule has 1 atom stereocenters. The van der Waals surface area contributed by atoms with Crippen molar-refractivity contribution in [2.24, 2.45) is 0 Å². The zero-order valence-corrected chi connectivity index (χ0v) is 20.9. The summed E-state index contributed by atoms with van der Waals surface area (Å²) in [6.07, 6.45) is 4.08. The van der Waals surface area contributed by atoms with Gasteiger partial charge in [-0.1, -0.05) is 66.9 Å². The van der Waals surface area contributed by atoms with Crippen molar-refractivity contribution in [2.45, 2.75) is 51.6 Å². The third-order valence-electron chi connectivity index (χ3n) is 6.35. The van der Waals surface area contributed by atoms with Gasteiger partial charge in [0, 0.05) is 11.7 Å². The predicted molar refractivity (Wildman–Crippen MR) is 140 cm³/mol. The first kappa shape index (κ1) is 24.7. The van der Waals surface area contributed by atoms with Gasteiger partial charge in [-0.25, -0.2) is 0 Å². The number of anilines is 1. The number of aryl methyl sites for hydroxylation is 2. The molecule has 3 amide bonds. The molecule has 0 bridgehead atoms. The molecule has 3 aromatic rings. The van der Waals surface area contributed by atoms with Crippen molar-refractivity contribution in [3.8, 4) is 0 Å². The Bertz CT molecular complexity index is 1170. The average Bonchev–Trinajstić information content (AvgIpc) is 3.56. The lowest BCUT2D eigenvalue weighted by molar-refractivity contribution is -0.126. The van der Waals surface area contributed by atoms with Gasteiger partial charge in [-0.2, -0.15) is 0 Å². The second kappa shape index (κ2) is 11.3. The van der Waals surface area contributed by atoms with E-state index in [1.807, 2.05) is 67.8 Å². The summed E-state index contributed by atoms with van der Waals surface area (Å²) in [6.45, 7) is 3.71. The Labute approximate surface area is 210 Å². The van der Waals surface area contributed by atoms with Crippen molar-refractivity contribution in [1.29, 1.82) is 0 Å². The quantitative estimate of drug-likeness (QED) is 0.471. The minimum absolute atomic E-state index is 0.114. The molecule has 2 N–H and O–H groups in total. The minimum Gasteiger partial charge on any atom is -0.351 e. The summed E-state index contributed by atoms with van der Waals surface area (Å²) in [5, 5.41) is 7.73. The van der Waals surface area contributed by atoms with E-state index < -0.39 is 6.04 Å². The lowest BCUT2D eigenvalue weighted by atomic mass is 10.0. The first-order valence-corrected chi connectivity index (χ1v) is 12.9. The van der Waals surface area contributed by atoms with E-state index in [9.17, 15) is 14.4 Å². The zero-order valence-electron chi connectivity index (χ0n) is 20.1. The predicted octanol–water partition coefficient (Wildman–Crippen LogP) is 4.93. The minimum atomic E-state index is -0.857. The first-order chi connectivity index (χ1) is 16.9. The summed E-state index contributed by atoms with van der Waals surface area (Å²) >= 11 is 1.32. The molecular weight excluding hydrogens is 458 g/mol. The van der Waals surface area contributed by atoms with Crippen LogP contribution in [-0.2, 0) is 9.59 Å². The average molecular weight is 490 g/mol. The Hall–Kier alpha value is -3.45. The van der Waals surface area contributed by atoms with Crippen molar-refractivity contribution in [3.63, 3.8) is 0 Å². The third kappa shape index (κ3) is 5.98. The van der Waals surface area contributed by atoms with Crippen LogP contribution in [0.2, 0.25) is 0 Å². The van der Waals surface area contributed by atoms with E-state index in [0.717, 1.165) is 42.4 Å². The van der Waals surface area contributed by atoms with E-state index in [1.165, 1.54) is 11.3 Å². The summed E-state index contributed by atoms with van der Waals surface area (Å²) in [5.41, 5.74) is 3.33. The lowest BCUT2D eigenvalue weighted by Crippen LogP contribution is -2.49. The van der Waals surface area contributed by atoms with Crippen molar-refractivity contribution < 1.29 is 14.4 Å². The van der Waals surface area contributed by atoms with Crippen molar-refractivity contribution in [3.05, 3.63) is 87.6 Å².